The summed E-state index contributed by atoms with van der Waals surface area (Å²) < 4.78 is 0. The Morgan fingerprint density at radius 2 is 2.29 bits per heavy atom. The first-order valence-corrected chi connectivity index (χ1v) is 5.93. The molecule has 3 heteroatoms. The molecule has 2 heterocycles. The largest absolute Gasteiger partial charge is 0.395 e. The van der Waals surface area contributed by atoms with Crippen LogP contribution in [0.1, 0.15) is 32.6 Å². The molecule has 2 aliphatic rings. The summed E-state index contributed by atoms with van der Waals surface area (Å²) in [5.74, 6) is 0. The van der Waals surface area contributed by atoms with E-state index in [0.29, 0.717) is 24.7 Å². The summed E-state index contributed by atoms with van der Waals surface area (Å²) in [6.45, 7) is 4.98. The molecule has 0 spiro atoms. The fourth-order valence-electron chi connectivity index (χ4n) is 2.94. The van der Waals surface area contributed by atoms with E-state index in [1.807, 2.05) is 0 Å². The van der Waals surface area contributed by atoms with Crippen molar-refractivity contribution in [2.45, 2.75) is 50.7 Å². The molecule has 14 heavy (non-hydrogen) atoms. The first-order chi connectivity index (χ1) is 6.83. The van der Waals surface area contributed by atoms with Crippen molar-refractivity contribution >= 4 is 0 Å². The van der Waals surface area contributed by atoms with Gasteiger partial charge in [-0.15, -0.1) is 0 Å². The van der Waals surface area contributed by atoms with Gasteiger partial charge >= 0.3 is 0 Å². The van der Waals surface area contributed by atoms with Crippen LogP contribution < -0.4 is 5.32 Å². The maximum Gasteiger partial charge on any atom is 0.0587 e. The Balaban J connectivity index is 1.92. The van der Waals surface area contributed by atoms with Gasteiger partial charge in [0.05, 0.1) is 6.61 Å². The molecule has 2 aliphatic heterocycles. The zero-order chi connectivity index (χ0) is 9.97. The first kappa shape index (κ1) is 10.4. The Bertz CT molecular complexity index is 180. The third kappa shape index (κ3) is 1.95. The third-order valence-corrected chi connectivity index (χ3v) is 3.84. The Morgan fingerprint density at radius 1 is 1.43 bits per heavy atom. The topological polar surface area (TPSA) is 35.5 Å². The van der Waals surface area contributed by atoms with Crippen LogP contribution in [0.25, 0.3) is 0 Å². The molecule has 0 saturated carbocycles. The SMILES string of the molecule is C[C@H]([C@@H]1CCCN1)N1CCC[C@@H]1CO. The Hall–Kier alpha value is -0.120. The van der Waals surface area contributed by atoms with Gasteiger partial charge < -0.3 is 10.4 Å². The summed E-state index contributed by atoms with van der Waals surface area (Å²) in [7, 11) is 0. The molecule has 2 N–H and O–H groups in total. The summed E-state index contributed by atoms with van der Waals surface area (Å²) in [5.41, 5.74) is 0. The minimum absolute atomic E-state index is 0.330. The van der Waals surface area contributed by atoms with Crippen molar-refractivity contribution in [3.8, 4) is 0 Å². The lowest BCUT2D eigenvalue weighted by atomic mass is 10.1. The quantitative estimate of drug-likeness (QED) is 0.696. The second-order valence-corrected chi connectivity index (χ2v) is 4.66. The predicted octanol–water partition coefficient (Wildman–Crippen LogP) is 0.584. The highest BCUT2D eigenvalue weighted by Gasteiger charge is 2.32. The molecule has 2 rings (SSSR count). The van der Waals surface area contributed by atoms with E-state index >= 15 is 0 Å². The normalized spacial score (nSPS) is 36.4. The monoisotopic (exact) mass is 198 g/mol. The van der Waals surface area contributed by atoms with E-state index in [-0.39, 0.29) is 0 Å². The average Bonchev–Trinajstić information content (AvgIpc) is 2.87. The lowest BCUT2D eigenvalue weighted by molar-refractivity contribution is 0.110. The Morgan fingerprint density at radius 3 is 2.93 bits per heavy atom. The van der Waals surface area contributed by atoms with E-state index in [9.17, 15) is 5.11 Å². The molecule has 82 valence electrons. The summed E-state index contributed by atoms with van der Waals surface area (Å²) in [6, 6.07) is 1.67. The van der Waals surface area contributed by atoms with Crippen LogP contribution in [0.4, 0.5) is 0 Å². The average molecular weight is 198 g/mol. The van der Waals surface area contributed by atoms with Crippen molar-refractivity contribution in [2.75, 3.05) is 19.7 Å². The van der Waals surface area contributed by atoms with E-state index in [1.165, 1.54) is 38.8 Å². The number of rotatable bonds is 3. The highest BCUT2D eigenvalue weighted by atomic mass is 16.3. The second-order valence-electron chi connectivity index (χ2n) is 4.66. The predicted molar refractivity (Wildman–Crippen MR) is 57.3 cm³/mol. The number of aliphatic hydroxyl groups excluding tert-OH is 1. The van der Waals surface area contributed by atoms with Crippen molar-refractivity contribution in [3.05, 3.63) is 0 Å². The minimum Gasteiger partial charge on any atom is -0.395 e. The van der Waals surface area contributed by atoms with Crippen LogP contribution in [0, 0.1) is 0 Å². The van der Waals surface area contributed by atoms with Crippen LogP contribution in [0.3, 0.4) is 0 Å². The van der Waals surface area contributed by atoms with Gasteiger partial charge in [0.1, 0.15) is 0 Å². The number of hydrogen-bond donors (Lipinski definition) is 2. The molecular formula is C11H22N2O. The minimum atomic E-state index is 0.330. The van der Waals surface area contributed by atoms with Gasteiger partial charge in [-0.25, -0.2) is 0 Å². The maximum absolute atomic E-state index is 9.27. The first-order valence-electron chi connectivity index (χ1n) is 5.93. The Labute approximate surface area is 86.5 Å². The fraction of sp³-hybridized carbons (Fsp3) is 1.00. The van der Waals surface area contributed by atoms with Crippen molar-refractivity contribution in [1.29, 1.82) is 0 Å². The van der Waals surface area contributed by atoms with E-state index in [0.717, 1.165) is 0 Å². The molecule has 0 aromatic heterocycles. The highest BCUT2D eigenvalue weighted by Crippen LogP contribution is 2.23. The standard InChI is InChI=1S/C11H22N2O/c1-9(11-5-2-6-12-11)13-7-3-4-10(13)8-14/h9-12,14H,2-8H2,1H3/t9-,10-,11+/m1/s1. The van der Waals surface area contributed by atoms with Gasteiger partial charge in [0, 0.05) is 18.1 Å². The van der Waals surface area contributed by atoms with Crippen LogP contribution in [0.5, 0.6) is 0 Å². The third-order valence-electron chi connectivity index (χ3n) is 3.84. The van der Waals surface area contributed by atoms with Crippen molar-refractivity contribution in [1.82, 2.24) is 10.2 Å². The van der Waals surface area contributed by atoms with E-state index in [1.54, 1.807) is 0 Å². The van der Waals surface area contributed by atoms with Crippen LogP contribution >= 0.6 is 0 Å². The molecular weight excluding hydrogens is 176 g/mol. The highest BCUT2D eigenvalue weighted by molar-refractivity contribution is 4.90. The molecule has 2 saturated heterocycles. The lowest BCUT2D eigenvalue weighted by Gasteiger charge is -2.33. The van der Waals surface area contributed by atoms with Gasteiger partial charge in [0.2, 0.25) is 0 Å². The molecule has 0 unspecified atom stereocenters. The van der Waals surface area contributed by atoms with Crippen molar-refractivity contribution in [2.24, 2.45) is 0 Å². The van der Waals surface area contributed by atoms with Crippen LogP contribution in [-0.2, 0) is 0 Å². The maximum atomic E-state index is 9.27. The van der Waals surface area contributed by atoms with Crippen LogP contribution in [-0.4, -0.2) is 47.8 Å². The molecule has 0 aliphatic carbocycles. The summed E-state index contributed by atoms with van der Waals surface area (Å²) in [4.78, 5) is 2.49. The van der Waals surface area contributed by atoms with E-state index < -0.39 is 0 Å². The second kappa shape index (κ2) is 4.60. The van der Waals surface area contributed by atoms with Gasteiger partial charge in [-0.2, -0.15) is 0 Å². The van der Waals surface area contributed by atoms with Crippen molar-refractivity contribution < 1.29 is 5.11 Å². The molecule has 0 radical (unpaired) electrons. The number of aliphatic hydroxyl groups is 1. The fourth-order valence-corrected chi connectivity index (χ4v) is 2.94. The molecule has 0 aromatic rings. The molecule has 2 fully saturated rings. The lowest BCUT2D eigenvalue weighted by Crippen LogP contribution is -2.48. The summed E-state index contributed by atoms with van der Waals surface area (Å²) in [5, 5.41) is 12.8. The Kier molecular flexibility index (Phi) is 3.42. The van der Waals surface area contributed by atoms with E-state index in [4.69, 9.17) is 0 Å². The van der Waals surface area contributed by atoms with Crippen molar-refractivity contribution in [3.63, 3.8) is 0 Å². The molecule has 3 nitrogen and oxygen atoms in total. The van der Waals surface area contributed by atoms with Crippen LogP contribution in [0.15, 0.2) is 0 Å². The molecule has 0 amide bonds. The molecule has 3 atom stereocenters. The van der Waals surface area contributed by atoms with Gasteiger partial charge in [-0.05, 0) is 45.7 Å². The smallest absolute Gasteiger partial charge is 0.0587 e. The van der Waals surface area contributed by atoms with E-state index in [2.05, 4.69) is 17.1 Å². The van der Waals surface area contributed by atoms with Gasteiger partial charge in [0.25, 0.3) is 0 Å². The molecule has 0 aromatic carbocycles. The number of nitrogens with one attached hydrogen (secondary N) is 1. The summed E-state index contributed by atoms with van der Waals surface area (Å²) in [6.07, 6.45) is 5.04. The van der Waals surface area contributed by atoms with Crippen LogP contribution in [0.2, 0.25) is 0 Å². The van der Waals surface area contributed by atoms with Gasteiger partial charge in [-0.1, -0.05) is 0 Å². The molecule has 0 bridgehead atoms. The number of nitrogens with zero attached hydrogens (tertiary/aromatic N) is 1. The van der Waals surface area contributed by atoms with Gasteiger partial charge in [-0.3, -0.25) is 4.90 Å². The number of hydrogen-bond acceptors (Lipinski definition) is 3. The summed E-state index contributed by atoms with van der Waals surface area (Å²) >= 11 is 0. The zero-order valence-corrected chi connectivity index (χ0v) is 9.08. The van der Waals surface area contributed by atoms with Gasteiger partial charge in [0.15, 0.2) is 0 Å². The zero-order valence-electron chi connectivity index (χ0n) is 9.08. The number of likely N-dealkylation sites (tertiary alicyclic amines) is 1.